The van der Waals surface area contributed by atoms with Crippen LogP contribution in [0.25, 0.3) is 0 Å². The lowest BCUT2D eigenvalue weighted by Gasteiger charge is -2.20. The first kappa shape index (κ1) is 23.2. The van der Waals surface area contributed by atoms with E-state index in [1.807, 2.05) is 18.2 Å². The van der Waals surface area contributed by atoms with Crippen molar-refractivity contribution < 1.29 is 22.4 Å². The van der Waals surface area contributed by atoms with Gasteiger partial charge in [0.1, 0.15) is 5.76 Å². The van der Waals surface area contributed by atoms with Crippen LogP contribution in [0.1, 0.15) is 12.2 Å². The van der Waals surface area contributed by atoms with Crippen molar-refractivity contribution in [1.29, 1.82) is 0 Å². The zero-order chi connectivity index (χ0) is 23.0. The molecule has 0 bridgehead atoms. The average molecular weight is 457 g/mol. The Bertz CT molecular complexity index is 1130. The molecule has 168 valence electrons. The van der Waals surface area contributed by atoms with Gasteiger partial charge in [-0.05, 0) is 48.5 Å². The van der Waals surface area contributed by atoms with Gasteiger partial charge in [0.05, 0.1) is 24.2 Å². The largest absolute Gasteiger partial charge is 0.468 e. The minimum Gasteiger partial charge on any atom is -0.468 e. The smallest absolute Gasteiger partial charge is 0.238 e. The summed E-state index contributed by atoms with van der Waals surface area (Å²) in [5, 5.41) is 10.6. The van der Waals surface area contributed by atoms with Crippen molar-refractivity contribution in [2.75, 3.05) is 23.7 Å². The predicted octanol–water partition coefficient (Wildman–Crippen LogP) is 2.40. The highest BCUT2D eigenvalue weighted by atomic mass is 32.2. The molecule has 0 saturated heterocycles. The fourth-order valence-corrected chi connectivity index (χ4v) is 3.49. The van der Waals surface area contributed by atoms with Crippen LogP contribution in [0.3, 0.4) is 0 Å². The second kappa shape index (κ2) is 10.7. The Morgan fingerprint density at radius 1 is 0.875 bits per heavy atom. The first-order chi connectivity index (χ1) is 15.3. The lowest BCUT2D eigenvalue weighted by atomic mass is 10.2. The molecule has 10 heteroatoms. The van der Waals surface area contributed by atoms with Gasteiger partial charge in [0.25, 0.3) is 0 Å². The third kappa shape index (κ3) is 7.34. The lowest BCUT2D eigenvalue weighted by molar-refractivity contribution is -0.119. The fraction of sp³-hybridized carbons (Fsp3) is 0.182. The molecule has 0 unspecified atom stereocenters. The number of carbonyl (C=O) groups excluding carboxylic acids is 2. The van der Waals surface area contributed by atoms with E-state index >= 15 is 0 Å². The number of nitrogens with one attached hydrogen (secondary N) is 2. The second-order valence-corrected chi connectivity index (χ2v) is 8.63. The van der Waals surface area contributed by atoms with Crippen molar-refractivity contribution in [3.05, 3.63) is 78.8 Å². The predicted molar refractivity (Wildman–Crippen MR) is 120 cm³/mol. The Labute approximate surface area is 186 Å². The van der Waals surface area contributed by atoms with Gasteiger partial charge in [0.15, 0.2) is 0 Å². The molecular weight excluding hydrogens is 432 g/mol. The van der Waals surface area contributed by atoms with Crippen LogP contribution in [0.4, 0.5) is 11.4 Å². The monoisotopic (exact) mass is 456 g/mol. The van der Waals surface area contributed by atoms with E-state index in [1.54, 1.807) is 35.4 Å². The van der Waals surface area contributed by atoms with Crippen LogP contribution in [-0.2, 0) is 26.2 Å². The van der Waals surface area contributed by atoms with Crippen LogP contribution in [0.2, 0.25) is 0 Å². The van der Waals surface area contributed by atoms with Crippen LogP contribution >= 0.6 is 0 Å². The number of hydrogen-bond acceptors (Lipinski definition) is 6. The van der Waals surface area contributed by atoms with Gasteiger partial charge in [0.2, 0.25) is 21.8 Å². The highest BCUT2D eigenvalue weighted by molar-refractivity contribution is 7.89. The summed E-state index contributed by atoms with van der Waals surface area (Å²) in [7, 11) is -3.79. The summed E-state index contributed by atoms with van der Waals surface area (Å²) in [6.45, 7) is 0.751. The number of para-hydroxylation sites is 1. The Balaban J connectivity index is 1.56. The number of carbonyl (C=O) groups is 2. The molecular formula is C22H24N4O5S. The normalized spacial score (nSPS) is 11.3. The van der Waals surface area contributed by atoms with Crippen LogP contribution in [0.15, 0.2) is 82.3 Å². The maximum Gasteiger partial charge on any atom is 0.238 e. The molecule has 0 radical (unpaired) electrons. The summed E-state index contributed by atoms with van der Waals surface area (Å²) in [5.74, 6) is 0.194. The molecule has 32 heavy (non-hydrogen) atoms. The third-order valence-corrected chi connectivity index (χ3v) is 5.44. The molecule has 2 amide bonds. The van der Waals surface area contributed by atoms with Crippen molar-refractivity contribution in [3.63, 3.8) is 0 Å². The minimum atomic E-state index is -3.79. The molecule has 0 aliphatic heterocycles. The Kier molecular flexibility index (Phi) is 7.77. The lowest BCUT2D eigenvalue weighted by Crippen LogP contribution is -2.35. The molecule has 0 fully saturated rings. The van der Waals surface area contributed by atoms with Crippen LogP contribution < -0.4 is 15.8 Å². The van der Waals surface area contributed by atoms with Gasteiger partial charge in [-0.2, -0.15) is 0 Å². The summed E-state index contributed by atoms with van der Waals surface area (Å²) >= 11 is 0. The molecule has 9 nitrogen and oxygen atoms in total. The number of furan rings is 1. The highest BCUT2D eigenvalue weighted by Gasteiger charge is 2.15. The molecule has 3 rings (SSSR count). The number of anilines is 2. The molecule has 0 aliphatic carbocycles. The van der Waals surface area contributed by atoms with E-state index in [9.17, 15) is 18.0 Å². The Hall–Kier alpha value is -3.47. The SMILES string of the molecule is NS(=O)(=O)c1ccc(NC(=O)CCN(CC(=O)Nc2ccccc2)Cc2ccco2)cc1. The van der Waals surface area contributed by atoms with E-state index in [2.05, 4.69) is 10.6 Å². The number of primary sulfonamides is 1. The highest BCUT2D eigenvalue weighted by Crippen LogP contribution is 2.13. The number of rotatable bonds is 10. The zero-order valence-corrected chi connectivity index (χ0v) is 18.0. The molecule has 0 saturated carbocycles. The fourth-order valence-electron chi connectivity index (χ4n) is 2.97. The van der Waals surface area contributed by atoms with E-state index in [-0.39, 0.29) is 29.7 Å². The zero-order valence-electron chi connectivity index (χ0n) is 17.2. The average Bonchev–Trinajstić information content (AvgIpc) is 3.25. The van der Waals surface area contributed by atoms with Crippen molar-refractivity contribution >= 4 is 33.2 Å². The van der Waals surface area contributed by atoms with E-state index in [0.29, 0.717) is 30.2 Å². The number of hydrogen-bond donors (Lipinski definition) is 3. The number of amides is 2. The molecule has 1 aromatic heterocycles. The molecule has 0 atom stereocenters. The minimum absolute atomic E-state index is 0.0375. The van der Waals surface area contributed by atoms with Gasteiger partial charge in [-0.25, -0.2) is 13.6 Å². The Morgan fingerprint density at radius 2 is 1.53 bits per heavy atom. The van der Waals surface area contributed by atoms with E-state index in [4.69, 9.17) is 9.56 Å². The van der Waals surface area contributed by atoms with Gasteiger partial charge in [-0.15, -0.1) is 0 Å². The number of nitrogens with zero attached hydrogens (tertiary/aromatic N) is 1. The molecule has 4 N–H and O–H groups in total. The van der Waals surface area contributed by atoms with Gasteiger partial charge in [0, 0.05) is 24.3 Å². The van der Waals surface area contributed by atoms with Gasteiger partial charge in [-0.1, -0.05) is 18.2 Å². The first-order valence-electron chi connectivity index (χ1n) is 9.82. The van der Waals surface area contributed by atoms with E-state index in [1.165, 1.54) is 24.3 Å². The third-order valence-electron chi connectivity index (χ3n) is 4.51. The quantitative estimate of drug-likeness (QED) is 0.429. The Morgan fingerprint density at radius 3 is 2.16 bits per heavy atom. The second-order valence-electron chi connectivity index (χ2n) is 7.07. The molecule has 3 aromatic rings. The van der Waals surface area contributed by atoms with Crippen molar-refractivity contribution in [2.24, 2.45) is 5.14 Å². The van der Waals surface area contributed by atoms with Crippen molar-refractivity contribution in [2.45, 2.75) is 17.9 Å². The van der Waals surface area contributed by atoms with Crippen LogP contribution in [0.5, 0.6) is 0 Å². The van der Waals surface area contributed by atoms with E-state index < -0.39 is 10.0 Å². The summed E-state index contributed by atoms with van der Waals surface area (Å²) in [4.78, 5) is 26.6. The topological polar surface area (TPSA) is 135 Å². The maximum atomic E-state index is 12.5. The molecule has 1 heterocycles. The van der Waals surface area contributed by atoms with Crippen LogP contribution in [0, 0.1) is 0 Å². The molecule has 2 aromatic carbocycles. The van der Waals surface area contributed by atoms with Gasteiger partial charge >= 0.3 is 0 Å². The van der Waals surface area contributed by atoms with Gasteiger partial charge in [-0.3, -0.25) is 14.5 Å². The summed E-state index contributed by atoms with van der Waals surface area (Å²) in [5.41, 5.74) is 1.14. The molecule has 0 spiro atoms. The van der Waals surface area contributed by atoms with Gasteiger partial charge < -0.3 is 15.1 Å². The number of nitrogens with two attached hydrogens (primary N) is 1. The summed E-state index contributed by atoms with van der Waals surface area (Å²) < 4.78 is 28.0. The van der Waals surface area contributed by atoms with Crippen molar-refractivity contribution in [3.8, 4) is 0 Å². The van der Waals surface area contributed by atoms with E-state index in [0.717, 1.165) is 0 Å². The first-order valence-corrected chi connectivity index (χ1v) is 11.4. The summed E-state index contributed by atoms with van der Waals surface area (Å²) in [6, 6.07) is 18.2. The standard InChI is InChI=1S/C22H24N4O5S/c23-32(29,30)20-10-8-18(9-11-20)24-21(27)12-13-26(15-19-7-4-14-31-19)16-22(28)25-17-5-2-1-3-6-17/h1-11,14H,12-13,15-16H2,(H,24,27)(H,25,28)(H2,23,29,30). The maximum absolute atomic E-state index is 12.5. The number of benzene rings is 2. The van der Waals surface area contributed by atoms with Crippen LogP contribution in [-0.4, -0.2) is 38.2 Å². The van der Waals surface area contributed by atoms with Crippen molar-refractivity contribution in [1.82, 2.24) is 4.90 Å². The summed E-state index contributed by atoms with van der Waals surface area (Å²) in [6.07, 6.45) is 1.67. The molecule has 0 aliphatic rings. The number of sulfonamides is 1.